The Hall–Kier alpha value is -2.28. The molecule has 2 aromatic rings. The molecule has 1 fully saturated rings. The normalized spacial score (nSPS) is 19.0. The third kappa shape index (κ3) is 3.73. The highest BCUT2D eigenvalue weighted by Gasteiger charge is 2.25. The topological polar surface area (TPSA) is 75.4 Å². The first-order valence-electron chi connectivity index (χ1n) is 7.84. The fourth-order valence-electron chi connectivity index (χ4n) is 2.84. The number of pyridine rings is 1. The first-order valence-corrected chi connectivity index (χ1v) is 7.84. The van der Waals surface area contributed by atoms with Crippen molar-refractivity contribution in [3.63, 3.8) is 0 Å². The molecule has 1 saturated heterocycles. The van der Waals surface area contributed by atoms with Crippen LogP contribution >= 0.6 is 0 Å². The van der Waals surface area contributed by atoms with Crippen LogP contribution in [0.4, 0.5) is 0 Å². The quantitative estimate of drug-likeness (QED) is 0.844. The molecule has 7 heteroatoms. The smallest absolute Gasteiger partial charge is 0.227 e. The number of hydrogen-bond acceptors (Lipinski definition) is 6. The summed E-state index contributed by atoms with van der Waals surface area (Å²) in [6.07, 6.45) is 4.23. The Morgan fingerprint density at radius 1 is 1.35 bits per heavy atom. The van der Waals surface area contributed by atoms with E-state index in [1.54, 1.807) is 12.4 Å². The molecule has 0 radical (unpaired) electrons. The Labute approximate surface area is 135 Å². The van der Waals surface area contributed by atoms with E-state index in [4.69, 9.17) is 4.52 Å². The molecule has 0 unspecified atom stereocenters. The van der Waals surface area contributed by atoms with Crippen molar-refractivity contribution in [2.24, 2.45) is 0 Å². The molecule has 122 valence electrons. The zero-order valence-electron chi connectivity index (χ0n) is 13.5. The van der Waals surface area contributed by atoms with E-state index in [2.05, 4.69) is 34.0 Å². The second-order valence-electron chi connectivity index (χ2n) is 5.95. The van der Waals surface area contributed by atoms with Gasteiger partial charge < -0.3 is 14.3 Å². The van der Waals surface area contributed by atoms with Crippen LogP contribution in [0.1, 0.15) is 19.2 Å². The van der Waals surface area contributed by atoms with Gasteiger partial charge in [-0.2, -0.15) is 4.98 Å². The van der Waals surface area contributed by atoms with Gasteiger partial charge in [-0.1, -0.05) is 5.16 Å². The van der Waals surface area contributed by atoms with Crippen LogP contribution in [0.5, 0.6) is 0 Å². The minimum Gasteiger partial charge on any atom is -0.339 e. The van der Waals surface area contributed by atoms with E-state index in [9.17, 15) is 4.79 Å². The van der Waals surface area contributed by atoms with Gasteiger partial charge >= 0.3 is 0 Å². The lowest BCUT2D eigenvalue weighted by atomic mass is 10.1. The molecule has 1 amide bonds. The monoisotopic (exact) mass is 315 g/mol. The number of rotatable bonds is 4. The SMILES string of the molecule is C[C@H]1CN(C)CCN1C(=O)CCc1nc(-c2ccncc2)no1. The van der Waals surface area contributed by atoms with Crippen molar-refractivity contribution in [3.8, 4) is 11.4 Å². The Balaban J connectivity index is 1.56. The highest BCUT2D eigenvalue weighted by molar-refractivity contribution is 5.76. The summed E-state index contributed by atoms with van der Waals surface area (Å²) < 4.78 is 5.24. The van der Waals surface area contributed by atoms with E-state index >= 15 is 0 Å². The highest BCUT2D eigenvalue weighted by Crippen LogP contribution is 2.16. The standard InChI is InChI=1S/C16H21N5O2/c1-12-11-20(2)9-10-21(12)15(22)4-3-14-18-16(19-23-14)13-5-7-17-8-6-13/h5-8,12H,3-4,9-11H2,1-2H3/t12-/m0/s1. The first kappa shape index (κ1) is 15.6. The minimum atomic E-state index is 0.147. The van der Waals surface area contributed by atoms with E-state index in [0.717, 1.165) is 25.2 Å². The third-order valence-corrected chi connectivity index (χ3v) is 4.11. The van der Waals surface area contributed by atoms with Gasteiger partial charge in [-0.3, -0.25) is 9.78 Å². The zero-order valence-corrected chi connectivity index (χ0v) is 13.5. The number of likely N-dealkylation sites (N-methyl/N-ethyl adjacent to an activating group) is 1. The van der Waals surface area contributed by atoms with E-state index in [0.29, 0.717) is 24.6 Å². The van der Waals surface area contributed by atoms with Gasteiger partial charge in [0.1, 0.15) is 0 Å². The first-order chi connectivity index (χ1) is 11.1. The van der Waals surface area contributed by atoms with Crippen LogP contribution in [0.15, 0.2) is 29.0 Å². The molecule has 0 aromatic carbocycles. The predicted molar refractivity (Wildman–Crippen MR) is 84.5 cm³/mol. The fourth-order valence-corrected chi connectivity index (χ4v) is 2.84. The van der Waals surface area contributed by atoms with Crippen molar-refractivity contribution in [3.05, 3.63) is 30.4 Å². The van der Waals surface area contributed by atoms with Crippen LogP contribution in [0, 0.1) is 0 Å². The average molecular weight is 315 g/mol. The Morgan fingerprint density at radius 2 is 2.13 bits per heavy atom. The molecule has 3 rings (SSSR count). The van der Waals surface area contributed by atoms with Crippen molar-refractivity contribution < 1.29 is 9.32 Å². The molecule has 1 atom stereocenters. The Bertz CT molecular complexity index is 658. The van der Waals surface area contributed by atoms with Gasteiger partial charge in [-0.15, -0.1) is 0 Å². The van der Waals surface area contributed by atoms with Crippen LogP contribution in [0.3, 0.4) is 0 Å². The summed E-state index contributed by atoms with van der Waals surface area (Å²) in [4.78, 5) is 24.9. The minimum absolute atomic E-state index is 0.147. The van der Waals surface area contributed by atoms with Crippen molar-refractivity contribution in [1.29, 1.82) is 0 Å². The molecule has 0 aliphatic carbocycles. The van der Waals surface area contributed by atoms with E-state index in [-0.39, 0.29) is 11.9 Å². The lowest BCUT2D eigenvalue weighted by Gasteiger charge is -2.38. The van der Waals surface area contributed by atoms with Crippen LogP contribution in [-0.4, -0.2) is 63.6 Å². The molecular weight excluding hydrogens is 294 g/mol. The molecule has 0 saturated carbocycles. The molecule has 2 aromatic heterocycles. The van der Waals surface area contributed by atoms with E-state index < -0.39 is 0 Å². The maximum atomic E-state index is 12.4. The molecule has 0 spiro atoms. The molecule has 7 nitrogen and oxygen atoms in total. The van der Waals surface area contributed by atoms with Gasteiger partial charge in [-0.25, -0.2) is 0 Å². The van der Waals surface area contributed by atoms with Crippen molar-refractivity contribution >= 4 is 5.91 Å². The van der Waals surface area contributed by atoms with Crippen molar-refractivity contribution in [2.75, 3.05) is 26.7 Å². The summed E-state index contributed by atoms with van der Waals surface area (Å²) in [7, 11) is 2.08. The third-order valence-electron chi connectivity index (χ3n) is 4.11. The predicted octanol–water partition coefficient (Wildman–Crippen LogP) is 1.23. The Kier molecular flexibility index (Phi) is 4.66. The summed E-state index contributed by atoms with van der Waals surface area (Å²) in [5, 5.41) is 3.96. The number of piperazine rings is 1. The van der Waals surface area contributed by atoms with E-state index in [1.807, 2.05) is 17.0 Å². The maximum Gasteiger partial charge on any atom is 0.227 e. The molecule has 23 heavy (non-hydrogen) atoms. The summed E-state index contributed by atoms with van der Waals surface area (Å²) in [5.74, 6) is 1.17. The lowest BCUT2D eigenvalue weighted by Crippen LogP contribution is -2.52. The number of hydrogen-bond donors (Lipinski definition) is 0. The fraction of sp³-hybridized carbons (Fsp3) is 0.500. The highest BCUT2D eigenvalue weighted by atomic mass is 16.5. The molecule has 1 aliphatic heterocycles. The average Bonchev–Trinajstić information content (AvgIpc) is 3.02. The number of carbonyl (C=O) groups is 1. The molecule has 1 aliphatic rings. The van der Waals surface area contributed by atoms with Gasteiger partial charge in [0.15, 0.2) is 0 Å². The van der Waals surface area contributed by atoms with E-state index in [1.165, 1.54) is 0 Å². The van der Waals surface area contributed by atoms with Crippen LogP contribution in [0.25, 0.3) is 11.4 Å². The second-order valence-corrected chi connectivity index (χ2v) is 5.95. The van der Waals surface area contributed by atoms with Gasteiger partial charge in [0, 0.05) is 56.5 Å². The number of amides is 1. The van der Waals surface area contributed by atoms with Crippen LogP contribution in [-0.2, 0) is 11.2 Å². The molecule has 3 heterocycles. The summed E-state index contributed by atoms with van der Waals surface area (Å²) >= 11 is 0. The maximum absolute atomic E-state index is 12.4. The number of nitrogens with zero attached hydrogens (tertiary/aromatic N) is 5. The summed E-state index contributed by atoms with van der Waals surface area (Å²) in [6.45, 7) is 4.70. The van der Waals surface area contributed by atoms with Gasteiger partial charge in [0.2, 0.25) is 17.6 Å². The number of carbonyl (C=O) groups excluding carboxylic acids is 1. The van der Waals surface area contributed by atoms with Gasteiger partial charge in [0.05, 0.1) is 0 Å². The van der Waals surface area contributed by atoms with Crippen LogP contribution < -0.4 is 0 Å². The second kappa shape index (κ2) is 6.87. The largest absolute Gasteiger partial charge is 0.339 e. The van der Waals surface area contributed by atoms with Crippen LogP contribution in [0.2, 0.25) is 0 Å². The Morgan fingerprint density at radius 3 is 2.87 bits per heavy atom. The van der Waals surface area contributed by atoms with Gasteiger partial charge in [0.25, 0.3) is 0 Å². The molecule has 0 bridgehead atoms. The molecule has 0 N–H and O–H groups in total. The number of aromatic nitrogens is 3. The summed E-state index contributed by atoms with van der Waals surface area (Å²) in [5.41, 5.74) is 0.856. The summed E-state index contributed by atoms with van der Waals surface area (Å²) in [6, 6.07) is 3.90. The number of aryl methyl sites for hydroxylation is 1. The molecular formula is C16H21N5O2. The lowest BCUT2D eigenvalue weighted by molar-refractivity contribution is -0.135. The van der Waals surface area contributed by atoms with Crippen molar-refractivity contribution in [2.45, 2.75) is 25.8 Å². The van der Waals surface area contributed by atoms with Crippen molar-refractivity contribution in [1.82, 2.24) is 24.9 Å². The zero-order chi connectivity index (χ0) is 16.2. The van der Waals surface area contributed by atoms with Gasteiger partial charge in [-0.05, 0) is 26.1 Å².